The minimum absolute atomic E-state index is 1.01. The molecule has 26 heavy (non-hydrogen) atoms. The van der Waals surface area contributed by atoms with Crippen molar-refractivity contribution >= 4 is 0 Å². The summed E-state index contributed by atoms with van der Waals surface area (Å²) in [5.41, 5.74) is 9.23. The molecule has 4 aromatic rings. The van der Waals surface area contributed by atoms with E-state index in [1.165, 1.54) is 27.8 Å². The highest BCUT2D eigenvalue weighted by Crippen LogP contribution is 2.31. The van der Waals surface area contributed by atoms with E-state index in [4.69, 9.17) is 4.98 Å². The van der Waals surface area contributed by atoms with Crippen molar-refractivity contribution in [3.8, 4) is 33.6 Å². The van der Waals surface area contributed by atoms with E-state index in [1.807, 2.05) is 0 Å². The summed E-state index contributed by atoms with van der Waals surface area (Å²) in [6, 6.07) is 31.8. The van der Waals surface area contributed by atoms with Crippen LogP contribution < -0.4 is 0 Å². The molecule has 1 nitrogen and oxygen atoms in total. The van der Waals surface area contributed by atoms with E-state index in [1.54, 1.807) is 0 Å². The first-order chi connectivity index (χ1) is 12.7. The lowest BCUT2D eigenvalue weighted by Gasteiger charge is -2.12. The Labute approximate surface area is 155 Å². The van der Waals surface area contributed by atoms with Crippen LogP contribution in [0.2, 0.25) is 0 Å². The first-order valence-corrected chi connectivity index (χ1v) is 8.91. The molecule has 4 rings (SSSR count). The number of aryl methyl sites for hydroxylation is 2. The molecule has 0 fully saturated rings. The third-order valence-corrected chi connectivity index (χ3v) is 4.67. The van der Waals surface area contributed by atoms with E-state index in [9.17, 15) is 0 Å². The van der Waals surface area contributed by atoms with Crippen LogP contribution in [0.1, 0.15) is 11.1 Å². The van der Waals surface area contributed by atoms with Crippen molar-refractivity contribution in [2.24, 2.45) is 0 Å². The minimum Gasteiger partial charge on any atom is -0.248 e. The van der Waals surface area contributed by atoms with Gasteiger partial charge in [-0.2, -0.15) is 0 Å². The molecule has 0 bridgehead atoms. The first-order valence-electron chi connectivity index (χ1n) is 8.91. The van der Waals surface area contributed by atoms with Gasteiger partial charge in [-0.15, -0.1) is 0 Å². The number of pyridine rings is 1. The molecule has 0 saturated carbocycles. The van der Waals surface area contributed by atoms with E-state index < -0.39 is 0 Å². The topological polar surface area (TPSA) is 12.9 Å². The second-order valence-corrected chi connectivity index (χ2v) is 6.68. The molecule has 0 N–H and O–H groups in total. The predicted molar refractivity (Wildman–Crippen MR) is 110 cm³/mol. The lowest BCUT2D eigenvalue weighted by Crippen LogP contribution is -1.93. The van der Waals surface area contributed by atoms with Crippen LogP contribution in [0.5, 0.6) is 0 Å². The van der Waals surface area contributed by atoms with Crippen LogP contribution in [0.4, 0.5) is 0 Å². The predicted octanol–water partition coefficient (Wildman–Crippen LogP) is 6.70. The van der Waals surface area contributed by atoms with Gasteiger partial charge in [-0.05, 0) is 48.7 Å². The van der Waals surface area contributed by atoms with Crippen molar-refractivity contribution in [1.29, 1.82) is 0 Å². The maximum atomic E-state index is 5.00. The lowest BCUT2D eigenvalue weighted by molar-refractivity contribution is 1.30. The number of benzene rings is 3. The Morgan fingerprint density at radius 1 is 0.538 bits per heavy atom. The minimum atomic E-state index is 1.01. The summed E-state index contributed by atoms with van der Waals surface area (Å²) in [5.74, 6) is 0. The number of aromatic nitrogens is 1. The average Bonchev–Trinajstić information content (AvgIpc) is 2.69. The van der Waals surface area contributed by atoms with E-state index in [0.29, 0.717) is 0 Å². The van der Waals surface area contributed by atoms with E-state index in [0.717, 1.165) is 17.0 Å². The Bertz CT molecular complexity index is 1050. The van der Waals surface area contributed by atoms with E-state index in [2.05, 4.69) is 105 Å². The Morgan fingerprint density at radius 2 is 1.23 bits per heavy atom. The smallest absolute Gasteiger partial charge is 0.0718 e. The van der Waals surface area contributed by atoms with Gasteiger partial charge < -0.3 is 0 Å². The van der Waals surface area contributed by atoms with Crippen molar-refractivity contribution in [2.75, 3.05) is 0 Å². The molecule has 0 atom stereocenters. The standard InChI is InChI=1S/C25H21N/c1-18-9-8-13-21(15-18)24-16-22(20-11-4-3-5-12-20)17-25(26-24)23-14-7-6-10-19(23)2/h3-17H,1-2H3. The third-order valence-electron chi connectivity index (χ3n) is 4.67. The van der Waals surface area contributed by atoms with Crippen LogP contribution in [0.25, 0.3) is 33.6 Å². The van der Waals surface area contributed by atoms with E-state index in [-0.39, 0.29) is 0 Å². The lowest BCUT2D eigenvalue weighted by atomic mass is 9.98. The van der Waals surface area contributed by atoms with Gasteiger partial charge in [0, 0.05) is 11.1 Å². The van der Waals surface area contributed by atoms with Crippen LogP contribution >= 0.6 is 0 Å². The number of hydrogen-bond acceptors (Lipinski definition) is 1. The molecular formula is C25H21N. The Kier molecular flexibility index (Phi) is 4.37. The quantitative estimate of drug-likeness (QED) is 0.406. The Morgan fingerprint density at radius 3 is 2.00 bits per heavy atom. The Balaban J connectivity index is 1.95. The molecule has 0 unspecified atom stereocenters. The van der Waals surface area contributed by atoms with Gasteiger partial charge in [0.25, 0.3) is 0 Å². The zero-order chi connectivity index (χ0) is 17.9. The molecule has 0 spiro atoms. The van der Waals surface area contributed by atoms with Crippen molar-refractivity contribution < 1.29 is 0 Å². The Hall–Kier alpha value is -3.19. The molecule has 0 radical (unpaired) electrons. The summed E-state index contributed by atoms with van der Waals surface area (Å²) in [6.45, 7) is 4.26. The van der Waals surface area contributed by atoms with E-state index >= 15 is 0 Å². The summed E-state index contributed by atoms with van der Waals surface area (Å²) >= 11 is 0. The molecule has 0 amide bonds. The van der Waals surface area contributed by atoms with Gasteiger partial charge in [-0.1, -0.05) is 78.4 Å². The largest absolute Gasteiger partial charge is 0.248 e. The third kappa shape index (κ3) is 3.29. The second kappa shape index (κ2) is 6.97. The average molecular weight is 335 g/mol. The molecule has 3 aromatic carbocycles. The molecule has 1 heterocycles. The monoisotopic (exact) mass is 335 g/mol. The van der Waals surface area contributed by atoms with Crippen molar-refractivity contribution in [3.05, 3.63) is 102 Å². The molecule has 1 aromatic heterocycles. The summed E-state index contributed by atoms with van der Waals surface area (Å²) in [7, 11) is 0. The van der Waals surface area contributed by atoms with Gasteiger partial charge in [0.15, 0.2) is 0 Å². The van der Waals surface area contributed by atoms with Gasteiger partial charge in [0.1, 0.15) is 0 Å². The van der Waals surface area contributed by atoms with Crippen molar-refractivity contribution in [3.63, 3.8) is 0 Å². The zero-order valence-electron chi connectivity index (χ0n) is 15.1. The summed E-state index contributed by atoms with van der Waals surface area (Å²) in [4.78, 5) is 5.00. The maximum Gasteiger partial charge on any atom is 0.0718 e. The highest BCUT2D eigenvalue weighted by molar-refractivity contribution is 5.77. The van der Waals surface area contributed by atoms with Gasteiger partial charge in [0.2, 0.25) is 0 Å². The molecule has 0 aliphatic heterocycles. The summed E-state index contributed by atoms with van der Waals surface area (Å²) in [5, 5.41) is 0. The fourth-order valence-corrected chi connectivity index (χ4v) is 3.28. The second-order valence-electron chi connectivity index (χ2n) is 6.68. The number of nitrogens with zero attached hydrogens (tertiary/aromatic N) is 1. The molecule has 0 aliphatic carbocycles. The van der Waals surface area contributed by atoms with Gasteiger partial charge in [-0.3, -0.25) is 0 Å². The normalized spacial score (nSPS) is 10.7. The van der Waals surface area contributed by atoms with Crippen molar-refractivity contribution in [2.45, 2.75) is 13.8 Å². The van der Waals surface area contributed by atoms with Gasteiger partial charge in [0.05, 0.1) is 11.4 Å². The molecule has 0 aliphatic rings. The number of rotatable bonds is 3. The first kappa shape index (κ1) is 16.3. The molecule has 0 saturated heterocycles. The van der Waals surface area contributed by atoms with Crippen LogP contribution in [-0.2, 0) is 0 Å². The highest BCUT2D eigenvalue weighted by Gasteiger charge is 2.10. The van der Waals surface area contributed by atoms with Crippen LogP contribution in [-0.4, -0.2) is 4.98 Å². The molecule has 126 valence electrons. The van der Waals surface area contributed by atoms with Crippen LogP contribution in [0.3, 0.4) is 0 Å². The van der Waals surface area contributed by atoms with Gasteiger partial charge in [-0.25, -0.2) is 4.98 Å². The molecular weight excluding hydrogens is 314 g/mol. The fourth-order valence-electron chi connectivity index (χ4n) is 3.28. The van der Waals surface area contributed by atoms with Crippen LogP contribution in [0, 0.1) is 13.8 Å². The number of hydrogen-bond donors (Lipinski definition) is 0. The highest BCUT2D eigenvalue weighted by atomic mass is 14.7. The zero-order valence-corrected chi connectivity index (χ0v) is 15.1. The summed E-state index contributed by atoms with van der Waals surface area (Å²) in [6.07, 6.45) is 0. The molecule has 1 heteroatoms. The van der Waals surface area contributed by atoms with Crippen LogP contribution in [0.15, 0.2) is 91.0 Å². The van der Waals surface area contributed by atoms with Gasteiger partial charge >= 0.3 is 0 Å². The van der Waals surface area contributed by atoms with Crippen molar-refractivity contribution in [1.82, 2.24) is 4.98 Å². The SMILES string of the molecule is Cc1cccc(-c2cc(-c3ccccc3)cc(-c3ccccc3C)n2)c1. The fraction of sp³-hybridized carbons (Fsp3) is 0.0800. The summed E-state index contributed by atoms with van der Waals surface area (Å²) < 4.78 is 0. The maximum absolute atomic E-state index is 5.00.